The Kier molecular flexibility index (Phi) is 5.46. The molecule has 1 aliphatic rings. The van der Waals surface area contributed by atoms with Gasteiger partial charge in [-0.1, -0.05) is 42.5 Å². The summed E-state index contributed by atoms with van der Waals surface area (Å²) in [6.45, 7) is 0.512. The van der Waals surface area contributed by atoms with Crippen molar-refractivity contribution < 1.29 is 17.9 Å². The SMILES string of the molecule is CN(c1ccccc1)S(=O)(=O)c1cccc(C(=O)NC2CCOc3ccccc32)c1. The molecule has 1 unspecified atom stereocenters. The maximum atomic E-state index is 13.0. The lowest BCUT2D eigenvalue weighted by molar-refractivity contribution is 0.0924. The van der Waals surface area contributed by atoms with Gasteiger partial charge in [0.15, 0.2) is 0 Å². The van der Waals surface area contributed by atoms with Crippen LogP contribution in [-0.2, 0) is 10.0 Å². The van der Waals surface area contributed by atoms with E-state index in [1.165, 1.54) is 23.5 Å². The average Bonchev–Trinajstić information content (AvgIpc) is 2.79. The summed E-state index contributed by atoms with van der Waals surface area (Å²) in [5.74, 6) is 0.436. The fourth-order valence-corrected chi connectivity index (χ4v) is 4.71. The van der Waals surface area contributed by atoms with Crippen molar-refractivity contribution >= 4 is 21.6 Å². The van der Waals surface area contributed by atoms with E-state index in [1.54, 1.807) is 36.4 Å². The largest absolute Gasteiger partial charge is 0.493 e. The van der Waals surface area contributed by atoms with Crippen molar-refractivity contribution in [2.45, 2.75) is 17.4 Å². The number of nitrogens with one attached hydrogen (secondary N) is 1. The van der Waals surface area contributed by atoms with Gasteiger partial charge in [0.1, 0.15) is 5.75 Å². The first-order valence-electron chi connectivity index (χ1n) is 9.63. The molecule has 0 radical (unpaired) electrons. The number of anilines is 1. The zero-order chi connectivity index (χ0) is 21.1. The number of nitrogens with zero attached hydrogens (tertiary/aromatic N) is 1. The van der Waals surface area contributed by atoms with Gasteiger partial charge in [0.05, 0.1) is 23.2 Å². The normalized spacial score (nSPS) is 15.6. The molecule has 154 valence electrons. The smallest absolute Gasteiger partial charge is 0.264 e. The molecule has 4 rings (SSSR count). The van der Waals surface area contributed by atoms with Gasteiger partial charge in [-0.25, -0.2) is 8.42 Å². The van der Waals surface area contributed by atoms with Crippen molar-refractivity contribution in [3.05, 3.63) is 90.0 Å². The van der Waals surface area contributed by atoms with Gasteiger partial charge in [-0.3, -0.25) is 9.10 Å². The van der Waals surface area contributed by atoms with Crippen LogP contribution in [0.3, 0.4) is 0 Å². The lowest BCUT2D eigenvalue weighted by Crippen LogP contribution is -2.32. The van der Waals surface area contributed by atoms with Gasteiger partial charge in [-0.15, -0.1) is 0 Å². The van der Waals surface area contributed by atoms with Crippen LogP contribution in [0.5, 0.6) is 5.75 Å². The number of amides is 1. The minimum atomic E-state index is -3.80. The number of hydrogen-bond acceptors (Lipinski definition) is 4. The highest BCUT2D eigenvalue weighted by atomic mass is 32.2. The number of hydrogen-bond donors (Lipinski definition) is 1. The number of ether oxygens (including phenoxy) is 1. The molecule has 1 aliphatic heterocycles. The van der Waals surface area contributed by atoms with E-state index in [9.17, 15) is 13.2 Å². The third-order valence-corrected chi connectivity index (χ3v) is 6.92. The zero-order valence-corrected chi connectivity index (χ0v) is 17.3. The molecule has 6 nitrogen and oxygen atoms in total. The Morgan fingerprint density at radius 2 is 1.73 bits per heavy atom. The highest BCUT2D eigenvalue weighted by Crippen LogP contribution is 2.32. The molecule has 1 atom stereocenters. The first-order valence-corrected chi connectivity index (χ1v) is 11.1. The molecule has 1 amide bonds. The fraction of sp³-hybridized carbons (Fsp3) is 0.174. The van der Waals surface area contributed by atoms with E-state index >= 15 is 0 Å². The lowest BCUT2D eigenvalue weighted by atomic mass is 10.00. The van der Waals surface area contributed by atoms with E-state index in [4.69, 9.17) is 4.74 Å². The monoisotopic (exact) mass is 422 g/mol. The van der Waals surface area contributed by atoms with E-state index in [1.807, 2.05) is 30.3 Å². The molecule has 0 saturated carbocycles. The van der Waals surface area contributed by atoms with Crippen LogP contribution in [0.4, 0.5) is 5.69 Å². The number of carbonyl (C=O) groups excluding carboxylic acids is 1. The van der Waals surface area contributed by atoms with E-state index in [2.05, 4.69) is 5.32 Å². The number of para-hydroxylation sites is 2. The van der Waals surface area contributed by atoms with Crippen LogP contribution in [0.15, 0.2) is 83.8 Å². The highest BCUT2D eigenvalue weighted by molar-refractivity contribution is 7.92. The Morgan fingerprint density at radius 3 is 2.53 bits per heavy atom. The highest BCUT2D eigenvalue weighted by Gasteiger charge is 2.25. The van der Waals surface area contributed by atoms with Crippen LogP contribution in [0, 0.1) is 0 Å². The topological polar surface area (TPSA) is 75.7 Å². The summed E-state index contributed by atoms with van der Waals surface area (Å²) >= 11 is 0. The number of fused-ring (bicyclic) bond motifs is 1. The summed E-state index contributed by atoms with van der Waals surface area (Å²) in [4.78, 5) is 12.9. The van der Waals surface area contributed by atoms with Crippen molar-refractivity contribution in [2.24, 2.45) is 0 Å². The molecule has 1 N–H and O–H groups in total. The maximum absolute atomic E-state index is 13.0. The minimum absolute atomic E-state index is 0.0638. The molecule has 0 aromatic heterocycles. The number of benzene rings is 3. The molecular formula is C23H22N2O4S. The molecule has 0 spiro atoms. The Hall–Kier alpha value is -3.32. The van der Waals surface area contributed by atoms with Crippen molar-refractivity contribution in [1.29, 1.82) is 0 Å². The van der Waals surface area contributed by atoms with Crippen LogP contribution >= 0.6 is 0 Å². The Labute approximate surface area is 176 Å². The zero-order valence-electron chi connectivity index (χ0n) is 16.5. The van der Waals surface area contributed by atoms with E-state index in [0.29, 0.717) is 24.3 Å². The second kappa shape index (κ2) is 8.20. The first kappa shape index (κ1) is 20.0. The number of sulfonamides is 1. The standard InChI is InChI=1S/C23H22N2O4S/c1-25(18-9-3-2-4-10-18)30(27,28)19-11-7-8-17(16-19)23(26)24-21-14-15-29-22-13-6-5-12-20(21)22/h2-13,16,21H,14-15H2,1H3,(H,24,26). The third kappa shape index (κ3) is 3.89. The molecule has 3 aromatic carbocycles. The van der Waals surface area contributed by atoms with E-state index in [0.717, 1.165) is 11.3 Å². The van der Waals surface area contributed by atoms with Gasteiger partial charge >= 0.3 is 0 Å². The van der Waals surface area contributed by atoms with Crippen molar-refractivity contribution in [2.75, 3.05) is 18.0 Å². The number of carbonyl (C=O) groups is 1. The minimum Gasteiger partial charge on any atom is -0.493 e. The molecule has 0 aliphatic carbocycles. The van der Waals surface area contributed by atoms with Gasteiger partial charge in [-0.2, -0.15) is 0 Å². The summed E-state index contributed by atoms with van der Waals surface area (Å²) in [7, 11) is -2.30. The van der Waals surface area contributed by atoms with Crippen LogP contribution < -0.4 is 14.4 Å². The predicted molar refractivity (Wildman–Crippen MR) is 115 cm³/mol. The molecular weight excluding hydrogens is 400 g/mol. The fourth-order valence-electron chi connectivity index (χ4n) is 3.47. The van der Waals surface area contributed by atoms with E-state index < -0.39 is 10.0 Å². The van der Waals surface area contributed by atoms with Gasteiger partial charge in [-0.05, 0) is 36.4 Å². The Bertz CT molecular complexity index is 1160. The van der Waals surface area contributed by atoms with Gasteiger partial charge in [0.2, 0.25) is 0 Å². The summed E-state index contributed by atoms with van der Waals surface area (Å²) < 4.78 is 32.9. The number of rotatable bonds is 5. The molecule has 0 bridgehead atoms. The quantitative estimate of drug-likeness (QED) is 0.679. The van der Waals surface area contributed by atoms with E-state index in [-0.39, 0.29) is 16.8 Å². The van der Waals surface area contributed by atoms with Crippen LogP contribution in [-0.4, -0.2) is 28.0 Å². The summed E-state index contributed by atoms with van der Waals surface area (Å²) in [6.07, 6.45) is 0.650. The van der Waals surface area contributed by atoms with Gasteiger partial charge in [0.25, 0.3) is 15.9 Å². The van der Waals surface area contributed by atoms with Crippen LogP contribution in [0.1, 0.15) is 28.4 Å². The molecule has 1 heterocycles. The Balaban J connectivity index is 1.57. The second-order valence-corrected chi connectivity index (χ2v) is 9.01. The molecule has 3 aromatic rings. The molecule has 7 heteroatoms. The second-order valence-electron chi connectivity index (χ2n) is 7.04. The summed E-state index contributed by atoms with van der Waals surface area (Å²) in [5.41, 5.74) is 1.76. The average molecular weight is 423 g/mol. The summed E-state index contributed by atoms with van der Waals surface area (Å²) in [6, 6.07) is 22.3. The third-order valence-electron chi connectivity index (χ3n) is 5.14. The van der Waals surface area contributed by atoms with Crippen LogP contribution in [0.25, 0.3) is 0 Å². The van der Waals surface area contributed by atoms with Crippen molar-refractivity contribution in [3.63, 3.8) is 0 Å². The molecule has 0 fully saturated rings. The van der Waals surface area contributed by atoms with Gasteiger partial charge in [0, 0.05) is 24.6 Å². The summed E-state index contributed by atoms with van der Waals surface area (Å²) in [5, 5.41) is 3.00. The van der Waals surface area contributed by atoms with Crippen LogP contribution in [0.2, 0.25) is 0 Å². The first-order chi connectivity index (χ1) is 14.5. The van der Waals surface area contributed by atoms with Crippen molar-refractivity contribution in [1.82, 2.24) is 5.32 Å². The van der Waals surface area contributed by atoms with Crippen molar-refractivity contribution in [3.8, 4) is 5.75 Å². The predicted octanol–water partition coefficient (Wildman–Crippen LogP) is 3.77. The molecule has 0 saturated heterocycles. The lowest BCUT2D eigenvalue weighted by Gasteiger charge is -2.26. The molecule has 30 heavy (non-hydrogen) atoms. The Morgan fingerprint density at radius 1 is 1.00 bits per heavy atom. The maximum Gasteiger partial charge on any atom is 0.264 e. The van der Waals surface area contributed by atoms with Gasteiger partial charge < -0.3 is 10.1 Å².